The molecule has 0 bridgehead atoms. The zero-order valence-electron chi connectivity index (χ0n) is 14.5. The fourth-order valence-electron chi connectivity index (χ4n) is 3.12. The van der Waals surface area contributed by atoms with Gasteiger partial charge in [-0.05, 0) is 63.1 Å². The number of rotatable bonds is 4. The van der Waals surface area contributed by atoms with E-state index < -0.39 is 0 Å². The van der Waals surface area contributed by atoms with Crippen LogP contribution in [0.4, 0.5) is 0 Å². The molecule has 1 N–H and O–H groups in total. The first kappa shape index (κ1) is 15.6. The molecule has 0 unspecified atom stereocenters. The Labute approximate surface area is 147 Å². The van der Waals surface area contributed by atoms with Crippen molar-refractivity contribution in [3.63, 3.8) is 0 Å². The van der Waals surface area contributed by atoms with E-state index in [0.29, 0.717) is 11.6 Å². The minimum atomic E-state index is 0.00685. The molecule has 0 radical (unpaired) electrons. The summed E-state index contributed by atoms with van der Waals surface area (Å²) in [6.45, 7) is 4.18. The van der Waals surface area contributed by atoms with Gasteiger partial charge in [0.25, 0.3) is 5.91 Å². The van der Waals surface area contributed by atoms with Crippen LogP contribution in [0.3, 0.4) is 0 Å². The van der Waals surface area contributed by atoms with Crippen LogP contribution in [-0.2, 0) is 0 Å². The second-order valence-electron chi connectivity index (χ2n) is 6.65. The van der Waals surface area contributed by atoms with E-state index in [0.717, 1.165) is 29.8 Å². The largest absolute Gasteiger partial charge is 0.349 e. The lowest BCUT2D eigenvalue weighted by molar-refractivity contribution is 0.0951. The molecule has 1 aromatic carbocycles. The van der Waals surface area contributed by atoms with Crippen molar-refractivity contribution >= 4 is 5.91 Å². The van der Waals surface area contributed by atoms with Gasteiger partial charge in [-0.25, -0.2) is 0 Å². The van der Waals surface area contributed by atoms with Gasteiger partial charge in [-0.3, -0.25) is 9.78 Å². The van der Waals surface area contributed by atoms with Crippen molar-refractivity contribution in [2.24, 2.45) is 0 Å². The standard InChI is InChI=1S/C21H21N3O/c1-14-5-6-15(2)24(14)19-4-3-13-22-20(19)16-7-9-17(10-8-16)21(25)23-18-11-12-18/h3-10,13,18H,11-12H2,1-2H3,(H,23,25). The molecule has 3 aromatic rings. The van der Waals surface area contributed by atoms with Crippen molar-refractivity contribution < 1.29 is 4.79 Å². The molecule has 0 aliphatic heterocycles. The number of hydrogen-bond acceptors (Lipinski definition) is 2. The summed E-state index contributed by atoms with van der Waals surface area (Å²) in [7, 11) is 0. The van der Waals surface area contributed by atoms with Crippen molar-refractivity contribution in [2.45, 2.75) is 32.7 Å². The summed E-state index contributed by atoms with van der Waals surface area (Å²) < 4.78 is 2.20. The second kappa shape index (κ2) is 6.20. The van der Waals surface area contributed by atoms with E-state index in [9.17, 15) is 4.79 Å². The van der Waals surface area contributed by atoms with E-state index in [2.05, 4.69) is 46.9 Å². The van der Waals surface area contributed by atoms with Crippen LogP contribution in [-0.4, -0.2) is 21.5 Å². The molecule has 0 atom stereocenters. The Bertz CT molecular complexity index is 901. The SMILES string of the molecule is Cc1ccc(C)n1-c1cccnc1-c1ccc(C(=O)NC2CC2)cc1. The third-order valence-electron chi connectivity index (χ3n) is 4.63. The van der Waals surface area contributed by atoms with Gasteiger partial charge < -0.3 is 9.88 Å². The van der Waals surface area contributed by atoms with Gasteiger partial charge in [0.2, 0.25) is 0 Å². The molecule has 4 nitrogen and oxygen atoms in total. The highest BCUT2D eigenvalue weighted by Gasteiger charge is 2.23. The molecule has 0 spiro atoms. The number of aryl methyl sites for hydroxylation is 2. The Hall–Kier alpha value is -2.88. The van der Waals surface area contributed by atoms with E-state index >= 15 is 0 Å². The Morgan fingerprint density at radius 2 is 1.72 bits per heavy atom. The van der Waals surface area contributed by atoms with Gasteiger partial charge in [0.15, 0.2) is 0 Å². The number of hydrogen-bond donors (Lipinski definition) is 1. The highest BCUT2D eigenvalue weighted by Crippen LogP contribution is 2.27. The average Bonchev–Trinajstić information content (AvgIpc) is 3.38. The second-order valence-corrected chi connectivity index (χ2v) is 6.65. The van der Waals surface area contributed by atoms with Crippen LogP contribution in [0.15, 0.2) is 54.7 Å². The van der Waals surface area contributed by atoms with Gasteiger partial charge in [-0.15, -0.1) is 0 Å². The lowest BCUT2D eigenvalue weighted by Crippen LogP contribution is -2.25. The topological polar surface area (TPSA) is 46.9 Å². The van der Waals surface area contributed by atoms with E-state index in [1.807, 2.05) is 30.3 Å². The number of aromatic nitrogens is 2. The molecule has 2 aromatic heterocycles. The molecule has 2 heterocycles. The fraction of sp³-hybridized carbons (Fsp3) is 0.238. The lowest BCUT2D eigenvalue weighted by atomic mass is 10.1. The van der Waals surface area contributed by atoms with Crippen LogP contribution in [0.2, 0.25) is 0 Å². The van der Waals surface area contributed by atoms with Crippen molar-refractivity contribution in [3.05, 3.63) is 71.7 Å². The van der Waals surface area contributed by atoms with Gasteiger partial charge in [-0.1, -0.05) is 12.1 Å². The quantitative estimate of drug-likeness (QED) is 0.784. The maximum absolute atomic E-state index is 12.2. The molecule has 4 heteroatoms. The fourth-order valence-corrected chi connectivity index (χ4v) is 3.12. The number of nitrogens with one attached hydrogen (secondary N) is 1. The van der Waals surface area contributed by atoms with Gasteiger partial charge in [0.1, 0.15) is 0 Å². The summed E-state index contributed by atoms with van der Waals surface area (Å²) in [5, 5.41) is 3.02. The first-order chi connectivity index (χ1) is 12.1. The molecular weight excluding hydrogens is 310 g/mol. The summed E-state index contributed by atoms with van der Waals surface area (Å²) in [6, 6.07) is 16.3. The van der Waals surface area contributed by atoms with Gasteiger partial charge >= 0.3 is 0 Å². The molecule has 126 valence electrons. The number of carbonyl (C=O) groups excluding carboxylic acids is 1. The summed E-state index contributed by atoms with van der Waals surface area (Å²) >= 11 is 0. The number of carbonyl (C=O) groups is 1. The normalized spacial score (nSPS) is 13.7. The summed E-state index contributed by atoms with van der Waals surface area (Å²) in [4.78, 5) is 16.8. The van der Waals surface area contributed by atoms with Crippen molar-refractivity contribution in [1.29, 1.82) is 0 Å². The first-order valence-electron chi connectivity index (χ1n) is 8.65. The van der Waals surface area contributed by atoms with Crippen molar-refractivity contribution in [1.82, 2.24) is 14.9 Å². The summed E-state index contributed by atoms with van der Waals surface area (Å²) in [5.74, 6) is 0.00685. The van der Waals surface area contributed by atoms with E-state index in [1.54, 1.807) is 6.20 Å². The number of pyridine rings is 1. The predicted octanol–water partition coefficient (Wildman–Crippen LogP) is 4.05. The van der Waals surface area contributed by atoms with Crippen LogP contribution in [0.5, 0.6) is 0 Å². The molecule has 1 saturated carbocycles. The molecule has 25 heavy (non-hydrogen) atoms. The maximum Gasteiger partial charge on any atom is 0.251 e. The maximum atomic E-state index is 12.2. The molecule has 1 fully saturated rings. The third kappa shape index (κ3) is 3.07. The van der Waals surface area contributed by atoms with E-state index in [-0.39, 0.29) is 5.91 Å². The summed E-state index contributed by atoms with van der Waals surface area (Å²) in [5.41, 5.74) is 6.02. The first-order valence-corrected chi connectivity index (χ1v) is 8.65. The Kier molecular flexibility index (Phi) is 3.88. The molecule has 0 saturated heterocycles. The molecule has 1 aliphatic carbocycles. The minimum Gasteiger partial charge on any atom is -0.349 e. The number of amides is 1. The zero-order valence-corrected chi connectivity index (χ0v) is 14.5. The van der Waals surface area contributed by atoms with Gasteiger partial charge in [0, 0.05) is 34.8 Å². The van der Waals surface area contributed by atoms with Crippen molar-refractivity contribution in [3.8, 4) is 16.9 Å². The monoisotopic (exact) mass is 331 g/mol. The van der Waals surface area contributed by atoms with Gasteiger partial charge in [0.05, 0.1) is 11.4 Å². The molecule has 4 rings (SSSR count). The molecule has 1 aliphatic rings. The third-order valence-corrected chi connectivity index (χ3v) is 4.63. The van der Waals surface area contributed by atoms with Crippen LogP contribution in [0.1, 0.15) is 34.6 Å². The molecular formula is C21H21N3O. The zero-order chi connectivity index (χ0) is 17.4. The van der Waals surface area contributed by atoms with Crippen LogP contribution in [0.25, 0.3) is 16.9 Å². The highest BCUT2D eigenvalue weighted by molar-refractivity contribution is 5.95. The Morgan fingerprint density at radius 3 is 2.36 bits per heavy atom. The van der Waals surface area contributed by atoms with Crippen LogP contribution < -0.4 is 5.32 Å². The van der Waals surface area contributed by atoms with E-state index in [1.165, 1.54) is 11.4 Å². The Balaban J connectivity index is 1.69. The Morgan fingerprint density at radius 1 is 1.04 bits per heavy atom. The predicted molar refractivity (Wildman–Crippen MR) is 99.0 cm³/mol. The number of benzene rings is 1. The van der Waals surface area contributed by atoms with Gasteiger partial charge in [-0.2, -0.15) is 0 Å². The highest BCUT2D eigenvalue weighted by atomic mass is 16.1. The summed E-state index contributed by atoms with van der Waals surface area (Å²) in [6.07, 6.45) is 3.99. The number of nitrogens with zero attached hydrogens (tertiary/aromatic N) is 2. The van der Waals surface area contributed by atoms with Crippen LogP contribution >= 0.6 is 0 Å². The smallest absolute Gasteiger partial charge is 0.251 e. The van der Waals surface area contributed by atoms with Crippen molar-refractivity contribution in [2.75, 3.05) is 0 Å². The average molecular weight is 331 g/mol. The lowest BCUT2D eigenvalue weighted by Gasteiger charge is -2.14. The minimum absolute atomic E-state index is 0.00685. The van der Waals surface area contributed by atoms with E-state index in [4.69, 9.17) is 0 Å². The molecule has 1 amide bonds. The van der Waals surface area contributed by atoms with Crippen LogP contribution in [0, 0.1) is 13.8 Å².